The van der Waals surface area contributed by atoms with E-state index in [0.29, 0.717) is 30.9 Å². The molecule has 2 aliphatic rings. The van der Waals surface area contributed by atoms with Crippen LogP contribution in [0.3, 0.4) is 0 Å². The van der Waals surface area contributed by atoms with Gasteiger partial charge >= 0.3 is 6.09 Å². The number of aliphatic hydroxyl groups excluding tert-OH is 1. The zero-order valence-corrected chi connectivity index (χ0v) is 24.3. The van der Waals surface area contributed by atoms with Crippen molar-refractivity contribution in [3.05, 3.63) is 59.2 Å². The monoisotopic (exact) mass is 565 g/mol. The van der Waals surface area contributed by atoms with Gasteiger partial charge in [0.15, 0.2) is 6.61 Å². The molecular formula is C31H43N5O5. The molecule has 2 aromatic rings. The van der Waals surface area contributed by atoms with Crippen molar-refractivity contribution in [2.45, 2.75) is 64.3 Å². The first-order valence-electron chi connectivity index (χ1n) is 14.4. The van der Waals surface area contributed by atoms with Gasteiger partial charge in [0.25, 0.3) is 5.91 Å². The van der Waals surface area contributed by atoms with E-state index in [-0.39, 0.29) is 31.2 Å². The molecule has 0 aromatic heterocycles. The number of aliphatic hydroxyl groups is 1. The lowest BCUT2D eigenvalue weighted by Gasteiger charge is -2.34. The number of amides is 2. The molecule has 0 spiro atoms. The van der Waals surface area contributed by atoms with Crippen LogP contribution in [-0.4, -0.2) is 90.2 Å². The lowest BCUT2D eigenvalue weighted by molar-refractivity contribution is -0.123. The molecule has 2 heterocycles. The number of ether oxygens (including phenoxy) is 2. The highest BCUT2D eigenvalue weighted by Crippen LogP contribution is 2.25. The Morgan fingerprint density at radius 3 is 2.56 bits per heavy atom. The lowest BCUT2D eigenvalue weighted by Crippen LogP contribution is -2.44. The molecule has 0 saturated carbocycles. The summed E-state index contributed by atoms with van der Waals surface area (Å²) in [5.74, 6) is 0.167. The maximum atomic E-state index is 12.4. The van der Waals surface area contributed by atoms with Gasteiger partial charge < -0.3 is 35.5 Å². The molecule has 0 bridgehead atoms. The van der Waals surface area contributed by atoms with Crippen LogP contribution in [0.1, 0.15) is 50.3 Å². The Hall–Kier alpha value is -3.63. The van der Waals surface area contributed by atoms with E-state index < -0.39 is 11.7 Å². The summed E-state index contributed by atoms with van der Waals surface area (Å²) in [6.45, 7) is 8.93. The third-order valence-electron chi connectivity index (χ3n) is 7.27. The number of likely N-dealkylation sites (tertiary alicyclic amines) is 1. The van der Waals surface area contributed by atoms with E-state index in [0.717, 1.165) is 38.0 Å². The van der Waals surface area contributed by atoms with Gasteiger partial charge in [0.1, 0.15) is 11.4 Å². The van der Waals surface area contributed by atoms with Gasteiger partial charge in [-0.15, -0.1) is 0 Å². The highest BCUT2D eigenvalue weighted by molar-refractivity contribution is 5.86. The van der Waals surface area contributed by atoms with Crippen LogP contribution in [-0.2, 0) is 22.5 Å². The summed E-state index contributed by atoms with van der Waals surface area (Å²) in [4.78, 5) is 28.6. The van der Waals surface area contributed by atoms with Crippen molar-refractivity contribution in [2.24, 2.45) is 0 Å². The summed E-state index contributed by atoms with van der Waals surface area (Å²) in [6, 6.07) is 13.9. The summed E-state index contributed by atoms with van der Waals surface area (Å²) in [6.07, 6.45) is 2.79. The van der Waals surface area contributed by atoms with Crippen molar-refractivity contribution in [1.82, 2.24) is 15.1 Å². The second kappa shape index (κ2) is 13.8. The van der Waals surface area contributed by atoms with Gasteiger partial charge in [0.05, 0.1) is 6.10 Å². The fraction of sp³-hybridized carbons (Fsp3) is 0.516. The Balaban J connectivity index is 1.17. The topological polar surface area (TPSA) is 127 Å². The maximum absolute atomic E-state index is 12.4. The zero-order chi connectivity index (χ0) is 29.4. The van der Waals surface area contributed by atoms with Crippen molar-refractivity contribution in [3.8, 4) is 5.75 Å². The van der Waals surface area contributed by atoms with Crippen molar-refractivity contribution >= 4 is 23.9 Å². The number of nitrogens with zero attached hydrogens (tertiary/aromatic N) is 2. The summed E-state index contributed by atoms with van der Waals surface area (Å²) in [7, 11) is 0. The molecule has 1 saturated heterocycles. The number of benzene rings is 2. The molecule has 10 heteroatoms. The third-order valence-corrected chi connectivity index (χ3v) is 7.27. The number of nitrogens with one attached hydrogen (secondary N) is 3. The zero-order valence-electron chi connectivity index (χ0n) is 24.3. The second-order valence-electron chi connectivity index (χ2n) is 11.8. The standard InChI is InChI=1S/C31H43N5O5/c1-31(2,3)41-30(39)36-14-11-25(12-15-36)34-28-9-8-27(16-24(28)17-32)40-21-29(38)33-18-26(37)20-35-13-10-22-6-4-5-7-23(22)19-35/h4-9,16-17,25-26,32,34,37H,10-15,18-21H2,1-3H3,(H,33,38). The molecule has 4 rings (SSSR count). The molecule has 2 aromatic carbocycles. The number of carbonyl (C=O) groups excluding carboxylic acids is 2. The molecule has 222 valence electrons. The van der Waals surface area contributed by atoms with Crippen molar-refractivity contribution in [1.29, 1.82) is 5.41 Å². The number of hydrogen-bond donors (Lipinski definition) is 4. The Kier molecular flexibility index (Phi) is 10.2. The average molecular weight is 566 g/mol. The molecule has 2 amide bonds. The normalized spacial score (nSPS) is 16.8. The van der Waals surface area contributed by atoms with Crippen LogP contribution in [0.2, 0.25) is 0 Å². The first-order valence-corrected chi connectivity index (χ1v) is 14.4. The minimum Gasteiger partial charge on any atom is -0.484 e. The van der Waals surface area contributed by atoms with Crippen molar-refractivity contribution < 1.29 is 24.2 Å². The van der Waals surface area contributed by atoms with E-state index in [4.69, 9.17) is 14.9 Å². The molecular weight excluding hydrogens is 522 g/mol. The Bertz CT molecular complexity index is 1210. The lowest BCUT2D eigenvalue weighted by atomic mass is 10.00. The van der Waals surface area contributed by atoms with E-state index in [9.17, 15) is 14.7 Å². The third kappa shape index (κ3) is 9.19. The Morgan fingerprint density at radius 1 is 1.12 bits per heavy atom. The van der Waals surface area contributed by atoms with Crippen LogP contribution in [0, 0.1) is 5.41 Å². The largest absolute Gasteiger partial charge is 0.484 e. The maximum Gasteiger partial charge on any atom is 0.410 e. The molecule has 10 nitrogen and oxygen atoms in total. The second-order valence-corrected chi connectivity index (χ2v) is 11.8. The first kappa shape index (κ1) is 30.3. The van der Waals surface area contributed by atoms with Crippen LogP contribution in [0.25, 0.3) is 0 Å². The minimum absolute atomic E-state index is 0.154. The first-order chi connectivity index (χ1) is 19.6. The fourth-order valence-electron chi connectivity index (χ4n) is 5.14. The van der Waals surface area contributed by atoms with Crippen LogP contribution in [0.15, 0.2) is 42.5 Å². The molecule has 1 atom stereocenters. The number of β-amino-alcohol motifs (C(OH)–C–C–N with tert-alkyl or cyclic N) is 1. The summed E-state index contributed by atoms with van der Waals surface area (Å²) in [5.41, 5.74) is 3.58. The van der Waals surface area contributed by atoms with Crippen molar-refractivity contribution in [3.63, 3.8) is 0 Å². The number of hydrogen-bond acceptors (Lipinski definition) is 8. The molecule has 1 unspecified atom stereocenters. The van der Waals surface area contributed by atoms with Crippen LogP contribution < -0.4 is 15.4 Å². The van der Waals surface area contributed by atoms with E-state index in [1.807, 2.05) is 32.9 Å². The number of anilines is 1. The molecule has 0 aliphatic carbocycles. The van der Waals surface area contributed by atoms with Gasteiger partial charge in [-0.2, -0.15) is 0 Å². The number of rotatable bonds is 10. The Morgan fingerprint density at radius 2 is 1.85 bits per heavy atom. The van der Waals surface area contributed by atoms with Crippen LogP contribution in [0.4, 0.5) is 10.5 Å². The number of piperidine rings is 1. The number of fused-ring (bicyclic) bond motifs is 1. The van der Waals surface area contributed by atoms with Gasteiger partial charge in [-0.3, -0.25) is 9.69 Å². The summed E-state index contributed by atoms with van der Waals surface area (Å²) >= 11 is 0. The van der Waals surface area contributed by atoms with Crippen LogP contribution >= 0.6 is 0 Å². The van der Waals surface area contributed by atoms with Crippen LogP contribution in [0.5, 0.6) is 5.75 Å². The van der Waals surface area contributed by atoms with Gasteiger partial charge in [0.2, 0.25) is 0 Å². The van der Waals surface area contributed by atoms with Gasteiger partial charge in [-0.25, -0.2) is 4.79 Å². The SMILES string of the molecule is CC(C)(C)OC(=O)N1CCC(Nc2ccc(OCC(=O)NCC(O)CN3CCc4ccccc4C3)cc2C=N)CC1. The van der Waals surface area contributed by atoms with Gasteiger partial charge in [-0.1, -0.05) is 24.3 Å². The molecule has 0 radical (unpaired) electrons. The number of carbonyl (C=O) groups is 2. The van der Waals surface area contributed by atoms with E-state index >= 15 is 0 Å². The average Bonchev–Trinajstić information content (AvgIpc) is 2.95. The van der Waals surface area contributed by atoms with E-state index in [2.05, 4.69) is 33.7 Å². The van der Waals surface area contributed by atoms with Gasteiger partial charge in [-0.05, 0) is 69.4 Å². The smallest absolute Gasteiger partial charge is 0.410 e. The molecule has 1 fully saturated rings. The van der Waals surface area contributed by atoms with Crippen molar-refractivity contribution in [2.75, 3.05) is 44.6 Å². The highest BCUT2D eigenvalue weighted by atomic mass is 16.6. The Labute approximate surface area is 242 Å². The van der Waals surface area contributed by atoms with Gasteiger partial charge in [0, 0.05) is 62.8 Å². The van der Waals surface area contributed by atoms with E-state index in [1.165, 1.54) is 17.3 Å². The van der Waals surface area contributed by atoms with E-state index in [1.54, 1.807) is 17.0 Å². The predicted octanol–water partition coefficient (Wildman–Crippen LogP) is 3.41. The molecule has 2 aliphatic heterocycles. The molecule has 41 heavy (non-hydrogen) atoms. The minimum atomic E-state index is -0.671. The predicted molar refractivity (Wildman–Crippen MR) is 159 cm³/mol. The quantitative estimate of drug-likeness (QED) is 0.325. The molecule has 4 N–H and O–H groups in total. The fourth-order valence-corrected chi connectivity index (χ4v) is 5.14. The summed E-state index contributed by atoms with van der Waals surface area (Å²) in [5, 5.41) is 24.5. The highest BCUT2D eigenvalue weighted by Gasteiger charge is 2.27. The summed E-state index contributed by atoms with van der Waals surface area (Å²) < 4.78 is 11.1.